The maximum absolute atomic E-state index is 11.7. The van der Waals surface area contributed by atoms with Crippen LogP contribution in [-0.2, 0) is 33.4 Å². The fourth-order valence-electron chi connectivity index (χ4n) is 9.35. The van der Waals surface area contributed by atoms with Crippen LogP contribution in [0, 0.1) is 46.3 Å². The van der Waals surface area contributed by atoms with Gasteiger partial charge in [0.1, 0.15) is 24.6 Å². The van der Waals surface area contributed by atoms with E-state index in [9.17, 15) is 19.2 Å². The Labute approximate surface area is 202 Å². The average Bonchev–Trinajstić information content (AvgIpc) is 3.17. The van der Waals surface area contributed by atoms with Gasteiger partial charge in [0, 0.05) is 18.3 Å². The highest BCUT2D eigenvalue weighted by Crippen LogP contribution is 2.69. The summed E-state index contributed by atoms with van der Waals surface area (Å²) in [5.74, 6) is 1.82. The van der Waals surface area contributed by atoms with Crippen LogP contribution in [-0.4, -0.2) is 44.0 Å². The molecule has 34 heavy (non-hydrogen) atoms. The predicted molar refractivity (Wildman–Crippen MR) is 123 cm³/mol. The van der Waals surface area contributed by atoms with Crippen molar-refractivity contribution in [2.75, 3.05) is 0 Å². The third kappa shape index (κ3) is 3.97. The fraction of sp³-hybridized carbons (Fsp3) is 0.852. The molecule has 7 nitrogen and oxygen atoms in total. The molecular weight excluding hydrogens is 436 g/mol. The third-order valence-corrected chi connectivity index (χ3v) is 10.8. The molecule has 0 aliphatic heterocycles. The van der Waals surface area contributed by atoms with Crippen molar-refractivity contribution in [2.45, 2.75) is 96.9 Å². The first-order chi connectivity index (χ1) is 16.4. The van der Waals surface area contributed by atoms with E-state index in [2.05, 4.69) is 20.8 Å². The first-order valence-corrected chi connectivity index (χ1v) is 13.1. The van der Waals surface area contributed by atoms with Crippen molar-refractivity contribution in [1.29, 1.82) is 0 Å². The molecule has 7 heteroatoms. The number of rotatable bonds is 10. The van der Waals surface area contributed by atoms with Gasteiger partial charge in [-0.3, -0.25) is 14.4 Å². The molecule has 190 valence electrons. The van der Waals surface area contributed by atoms with Crippen LogP contribution in [0.2, 0.25) is 0 Å². The van der Waals surface area contributed by atoms with Gasteiger partial charge >= 0.3 is 0 Å². The largest absolute Gasteiger partial charge is 0.465 e. The summed E-state index contributed by atoms with van der Waals surface area (Å²) in [5.41, 5.74) is 0.0348. The van der Waals surface area contributed by atoms with Gasteiger partial charge in [-0.2, -0.15) is 0 Å². The van der Waals surface area contributed by atoms with Crippen LogP contribution in [0.1, 0.15) is 78.6 Å². The van der Waals surface area contributed by atoms with Crippen molar-refractivity contribution < 1.29 is 33.4 Å². The lowest BCUT2D eigenvalue weighted by molar-refractivity contribution is -0.235. The smallest absolute Gasteiger partial charge is 0.293 e. The van der Waals surface area contributed by atoms with Gasteiger partial charge in [0.25, 0.3) is 19.4 Å². The monoisotopic (exact) mass is 476 g/mol. The Morgan fingerprint density at radius 3 is 2.12 bits per heavy atom. The molecule has 0 amide bonds. The van der Waals surface area contributed by atoms with E-state index in [1.54, 1.807) is 0 Å². The summed E-state index contributed by atoms with van der Waals surface area (Å²) in [6.07, 6.45) is 7.96. The van der Waals surface area contributed by atoms with Gasteiger partial charge in [0.2, 0.25) is 0 Å². The molecule has 0 bridgehead atoms. The lowest BCUT2D eigenvalue weighted by atomic mass is 9.43. The molecule has 0 heterocycles. The minimum atomic E-state index is -0.541. The molecule has 0 aromatic heterocycles. The second kappa shape index (κ2) is 9.98. The summed E-state index contributed by atoms with van der Waals surface area (Å²) in [7, 11) is 0. The molecule has 0 N–H and O–H groups in total. The Balaban J connectivity index is 1.70. The van der Waals surface area contributed by atoms with Crippen LogP contribution in [0.4, 0.5) is 0 Å². The van der Waals surface area contributed by atoms with Crippen LogP contribution in [0.15, 0.2) is 0 Å². The van der Waals surface area contributed by atoms with Crippen LogP contribution in [0.3, 0.4) is 0 Å². The van der Waals surface area contributed by atoms with Gasteiger partial charge in [-0.05, 0) is 85.9 Å². The highest BCUT2D eigenvalue weighted by Gasteiger charge is 2.67. The van der Waals surface area contributed by atoms with Gasteiger partial charge in [-0.25, -0.2) is 0 Å². The minimum Gasteiger partial charge on any atom is -0.465 e. The lowest BCUT2D eigenvalue weighted by Gasteiger charge is -2.64. The van der Waals surface area contributed by atoms with Crippen molar-refractivity contribution >= 4 is 25.7 Å². The zero-order valence-corrected chi connectivity index (χ0v) is 20.7. The van der Waals surface area contributed by atoms with Crippen molar-refractivity contribution in [3.05, 3.63) is 0 Å². The van der Waals surface area contributed by atoms with Crippen molar-refractivity contribution in [1.82, 2.24) is 0 Å². The summed E-state index contributed by atoms with van der Waals surface area (Å²) >= 11 is 0. The van der Waals surface area contributed by atoms with Gasteiger partial charge in [-0.15, -0.1) is 0 Å². The summed E-state index contributed by atoms with van der Waals surface area (Å²) in [5, 5.41) is 0. The first kappa shape index (κ1) is 25.2. The Morgan fingerprint density at radius 2 is 1.44 bits per heavy atom. The number of ether oxygens (including phenoxy) is 3. The number of carbonyl (C=O) groups is 4. The third-order valence-electron chi connectivity index (χ3n) is 10.8. The normalized spacial score (nSPS) is 46.1. The van der Waals surface area contributed by atoms with E-state index in [-0.39, 0.29) is 28.8 Å². The van der Waals surface area contributed by atoms with E-state index in [0.29, 0.717) is 55.9 Å². The van der Waals surface area contributed by atoms with Crippen LogP contribution < -0.4 is 0 Å². The second-order valence-electron chi connectivity index (χ2n) is 11.9. The molecule has 4 aliphatic carbocycles. The summed E-state index contributed by atoms with van der Waals surface area (Å²) in [6.45, 7) is 8.49. The number of hydrogen-bond donors (Lipinski definition) is 0. The molecule has 4 saturated carbocycles. The molecule has 0 saturated heterocycles. The van der Waals surface area contributed by atoms with Crippen molar-refractivity contribution in [2.24, 2.45) is 46.3 Å². The molecule has 0 radical (unpaired) electrons. The SMILES string of the molecule is C[C@H](CCC=O)[C@H]1CC[C@H]2[C@@H]3[C@H](OC=O)[C@H](OC=O)[C@@H]4C[C@H](OC=O)CC[C@]4(C)[C@H]3CC[C@]12C. The molecule has 0 spiro atoms. The van der Waals surface area contributed by atoms with Crippen LogP contribution in [0.25, 0.3) is 0 Å². The van der Waals surface area contributed by atoms with Crippen LogP contribution in [0.5, 0.6) is 0 Å². The average molecular weight is 477 g/mol. The Morgan fingerprint density at radius 1 is 0.794 bits per heavy atom. The van der Waals surface area contributed by atoms with E-state index >= 15 is 0 Å². The van der Waals surface area contributed by atoms with E-state index in [4.69, 9.17) is 14.2 Å². The predicted octanol–water partition coefficient (Wildman–Crippen LogP) is 4.11. The van der Waals surface area contributed by atoms with Gasteiger partial charge in [0.05, 0.1) is 0 Å². The number of aldehydes is 1. The molecule has 0 unspecified atom stereocenters. The van der Waals surface area contributed by atoms with E-state index in [1.165, 1.54) is 0 Å². The van der Waals surface area contributed by atoms with E-state index in [0.717, 1.165) is 51.2 Å². The summed E-state index contributed by atoms with van der Waals surface area (Å²) in [6, 6.07) is 0. The lowest BCUT2D eigenvalue weighted by Crippen LogP contribution is -2.65. The Bertz CT molecular complexity index is 770. The highest BCUT2D eigenvalue weighted by molar-refractivity contribution is 5.49. The maximum atomic E-state index is 11.7. The van der Waals surface area contributed by atoms with E-state index in [1.807, 2.05) is 0 Å². The second-order valence-corrected chi connectivity index (χ2v) is 11.9. The molecule has 4 rings (SSSR count). The molecular formula is C27H40O7. The van der Waals surface area contributed by atoms with Gasteiger partial charge in [0.15, 0.2) is 0 Å². The zero-order valence-electron chi connectivity index (χ0n) is 20.7. The number of fused-ring (bicyclic) bond motifs is 5. The molecule has 4 aliphatic rings. The number of hydrogen-bond acceptors (Lipinski definition) is 7. The quantitative estimate of drug-likeness (QED) is 0.346. The topological polar surface area (TPSA) is 96.0 Å². The zero-order chi connectivity index (χ0) is 24.5. The van der Waals surface area contributed by atoms with Gasteiger partial charge < -0.3 is 19.0 Å². The highest BCUT2D eigenvalue weighted by atomic mass is 16.6. The Hall–Kier alpha value is -1.92. The van der Waals surface area contributed by atoms with Crippen molar-refractivity contribution in [3.8, 4) is 0 Å². The molecule has 11 atom stereocenters. The van der Waals surface area contributed by atoms with E-state index < -0.39 is 12.2 Å². The fourth-order valence-corrected chi connectivity index (χ4v) is 9.35. The Kier molecular flexibility index (Phi) is 7.39. The number of carbonyl (C=O) groups excluding carboxylic acids is 4. The maximum Gasteiger partial charge on any atom is 0.293 e. The van der Waals surface area contributed by atoms with Crippen LogP contribution >= 0.6 is 0 Å². The first-order valence-electron chi connectivity index (χ1n) is 13.1. The standard InChI is InChI=1S/C27H40O7/c1-17(5-4-12-28)19-6-7-20-23-21(9-11-26(19,20)2)27(3)10-8-18(32-14-29)13-22(27)24(33-15-30)25(23)34-16-31/h12,14-25H,4-11,13H2,1-3H3/t17-,18-,19-,20+,21+,22+,23+,24-,25+,26-,27-/m1/s1. The summed E-state index contributed by atoms with van der Waals surface area (Å²) in [4.78, 5) is 45.3. The molecule has 4 fully saturated rings. The summed E-state index contributed by atoms with van der Waals surface area (Å²) < 4.78 is 16.9. The van der Waals surface area contributed by atoms with Gasteiger partial charge in [-0.1, -0.05) is 20.8 Å². The molecule has 0 aromatic carbocycles. The van der Waals surface area contributed by atoms with Crippen molar-refractivity contribution in [3.63, 3.8) is 0 Å². The molecule has 0 aromatic rings. The minimum absolute atomic E-state index is 0.0318.